The molecule has 0 amide bonds. The van der Waals surface area contributed by atoms with E-state index in [1.807, 2.05) is 0 Å². The Morgan fingerprint density at radius 1 is 1.15 bits per heavy atom. The molecule has 2 aliphatic rings. The van der Waals surface area contributed by atoms with Gasteiger partial charge in [-0.1, -0.05) is 19.8 Å². The summed E-state index contributed by atoms with van der Waals surface area (Å²) in [6, 6.07) is 0. The molecular formula is C16H33N3O. The first kappa shape index (κ1) is 16.2. The second-order valence-corrected chi connectivity index (χ2v) is 7.10. The number of rotatable bonds is 5. The normalized spacial score (nSPS) is 34.0. The monoisotopic (exact) mass is 283 g/mol. The van der Waals surface area contributed by atoms with Gasteiger partial charge in [0.15, 0.2) is 0 Å². The van der Waals surface area contributed by atoms with Crippen molar-refractivity contribution in [2.75, 3.05) is 52.4 Å². The maximum Gasteiger partial charge on any atom is 0.0558 e. The van der Waals surface area contributed by atoms with Gasteiger partial charge in [0.2, 0.25) is 0 Å². The van der Waals surface area contributed by atoms with Gasteiger partial charge in [0.25, 0.3) is 0 Å². The van der Waals surface area contributed by atoms with Crippen molar-refractivity contribution < 1.29 is 5.11 Å². The smallest absolute Gasteiger partial charge is 0.0558 e. The summed E-state index contributed by atoms with van der Waals surface area (Å²) in [6.07, 6.45) is 6.57. The lowest BCUT2D eigenvalue weighted by Gasteiger charge is -2.42. The summed E-state index contributed by atoms with van der Waals surface area (Å²) < 4.78 is 0. The minimum Gasteiger partial charge on any atom is -0.395 e. The van der Waals surface area contributed by atoms with Crippen LogP contribution >= 0.6 is 0 Å². The van der Waals surface area contributed by atoms with Gasteiger partial charge in [-0.05, 0) is 50.2 Å². The topological polar surface area (TPSA) is 52.7 Å². The van der Waals surface area contributed by atoms with Crippen LogP contribution in [0.15, 0.2) is 0 Å². The van der Waals surface area contributed by atoms with Crippen LogP contribution in [0.4, 0.5) is 0 Å². The summed E-state index contributed by atoms with van der Waals surface area (Å²) in [5.41, 5.74) is 6.53. The third-order valence-corrected chi connectivity index (χ3v) is 5.27. The fraction of sp³-hybridized carbons (Fsp3) is 1.00. The van der Waals surface area contributed by atoms with Gasteiger partial charge >= 0.3 is 0 Å². The Morgan fingerprint density at radius 2 is 1.90 bits per heavy atom. The molecule has 0 spiro atoms. The summed E-state index contributed by atoms with van der Waals surface area (Å²) in [6.45, 7) is 10.1. The number of nitrogens with two attached hydrogens (primary N) is 1. The van der Waals surface area contributed by atoms with Gasteiger partial charge in [-0.25, -0.2) is 0 Å². The van der Waals surface area contributed by atoms with Crippen molar-refractivity contribution >= 4 is 0 Å². The minimum absolute atomic E-state index is 0.282. The molecule has 0 radical (unpaired) electrons. The van der Waals surface area contributed by atoms with Crippen LogP contribution in [0.2, 0.25) is 0 Å². The molecule has 1 saturated carbocycles. The molecule has 118 valence electrons. The molecule has 2 fully saturated rings. The Balaban J connectivity index is 1.87. The molecule has 1 aliphatic carbocycles. The van der Waals surface area contributed by atoms with Gasteiger partial charge in [-0.3, -0.25) is 4.90 Å². The van der Waals surface area contributed by atoms with Crippen molar-refractivity contribution in [1.82, 2.24) is 9.80 Å². The SMILES string of the molecule is CC1CCCC(CN)(CN2CCCN(CCO)CC2)C1. The zero-order valence-electron chi connectivity index (χ0n) is 13.2. The molecule has 0 aromatic carbocycles. The fourth-order valence-corrected chi connectivity index (χ4v) is 4.18. The molecule has 2 unspecified atom stereocenters. The van der Waals surface area contributed by atoms with E-state index in [-0.39, 0.29) is 6.61 Å². The van der Waals surface area contributed by atoms with E-state index in [1.165, 1.54) is 45.2 Å². The van der Waals surface area contributed by atoms with E-state index < -0.39 is 0 Å². The molecule has 4 heteroatoms. The first-order valence-electron chi connectivity index (χ1n) is 8.43. The maximum atomic E-state index is 9.07. The predicted molar refractivity (Wildman–Crippen MR) is 83.7 cm³/mol. The van der Waals surface area contributed by atoms with E-state index in [2.05, 4.69) is 16.7 Å². The average Bonchev–Trinajstić information content (AvgIpc) is 2.65. The highest BCUT2D eigenvalue weighted by atomic mass is 16.3. The summed E-state index contributed by atoms with van der Waals surface area (Å²) in [5, 5.41) is 9.07. The van der Waals surface area contributed by atoms with Gasteiger partial charge in [0.05, 0.1) is 6.61 Å². The van der Waals surface area contributed by atoms with Crippen LogP contribution in [-0.4, -0.2) is 67.3 Å². The molecule has 20 heavy (non-hydrogen) atoms. The first-order chi connectivity index (χ1) is 9.67. The third-order valence-electron chi connectivity index (χ3n) is 5.27. The number of nitrogens with zero attached hydrogens (tertiary/aromatic N) is 2. The lowest BCUT2D eigenvalue weighted by atomic mass is 9.69. The number of hydrogen-bond acceptors (Lipinski definition) is 4. The van der Waals surface area contributed by atoms with Crippen LogP contribution < -0.4 is 5.73 Å². The van der Waals surface area contributed by atoms with Gasteiger partial charge < -0.3 is 15.7 Å². The molecule has 3 N–H and O–H groups in total. The highest BCUT2D eigenvalue weighted by molar-refractivity contribution is 4.89. The number of aliphatic hydroxyl groups is 1. The summed E-state index contributed by atoms with van der Waals surface area (Å²) in [4.78, 5) is 5.01. The van der Waals surface area contributed by atoms with Crippen LogP contribution in [-0.2, 0) is 0 Å². The van der Waals surface area contributed by atoms with Crippen molar-refractivity contribution in [3.63, 3.8) is 0 Å². The molecule has 0 aromatic rings. The largest absolute Gasteiger partial charge is 0.395 e. The highest BCUT2D eigenvalue weighted by Crippen LogP contribution is 2.39. The molecule has 1 heterocycles. The van der Waals surface area contributed by atoms with E-state index in [1.54, 1.807) is 0 Å². The number of hydrogen-bond donors (Lipinski definition) is 2. The lowest BCUT2D eigenvalue weighted by Crippen LogP contribution is -2.46. The van der Waals surface area contributed by atoms with E-state index in [9.17, 15) is 0 Å². The molecule has 0 bridgehead atoms. The van der Waals surface area contributed by atoms with Crippen LogP contribution in [0.25, 0.3) is 0 Å². The molecular weight excluding hydrogens is 250 g/mol. The average molecular weight is 283 g/mol. The molecule has 4 nitrogen and oxygen atoms in total. The minimum atomic E-state index is 0.282. The number of aliphatic hydroxyl groups excluding tert-OH is 1. The van der Waals surface area contributed by atoms with Crippen molar-refractivity contribution in [2.24, 2.45) is 17.1 Å². The summed E-state index contributed by atoms with van der Waals surface area (Å²) >= 11 is 0. The quantitative estimate of drug-likeness (QED) is 0.794. The van der Waals surface area contributed by atoms with Crippen molar-refractivity contribution in [1.29, 1.82) is 0 Å². The Hall–Kier alpha value is -0.160. The van der Waals surface area contributed by atoms with Gasteiger partial charge in [0, 0.05) is 26.2 Å². The Morgan fingerprint density at radius 3 is 2.60 bits per heavy atom. The third kappa shape index (κ3) is 4.42. The highest BCUT2D eigenvalue weighted by Gasteiger charge is 2.35. The Labute approximate surface area is 124 Å². The lowest BCUT2D eigenvalue weighted by molar-refractivity contribution is 0.0894. The zero-order chi connectivity index (χ0) is 14.4. The molecule has 1 saturated heterocycles. The second-order valence-electron chi connectivity index (χ2n) is 7.10. The van der Waals surface area contributed by atoms with Crippen LogP contribution in [0.1, 0.15) is 39.0 Å². The standard InChI is InChI=1S/C16H33N3O/c1-15-4-2-5-16(12-15,13-17)14-19-7-3-6-18(8-9-19)10-11-20/h15,20H,2-14,17H2,1H3. The molecule has 2 atom stereocenters. The van der Waals surface area contributed by atoms with Crippen molar-refractivity contribution in [2.45, 2.75) is 39.0 Å². The van der Waals surface area contributed by atoms with Crippen molar-refractivity contribution in [3.05, 3.63) is 0 Å². The maximum absolute atomic E-state index is 9.07. The predicted octanol–water partition coefficient (Wildman–Crippen LogP) is 1.14. The number of β-amino-alcohol motifs (C(OH)–C–C–N with tert-alkyl or cyclic N) is 1. The zero-order valence-corrected chi connectivity index (χ0v) is 13.2. The Kier molecular flexibility index (Phi) is 6.27. The van der Waals surface area contributed by atoms with E-state index >= 15 is 0 Å². The van der Waals surface area contributed by atoms with Gasteiger partial charge in [0.1, 0.15) is 0 Å². The van der Waals surface area contributed by atoms with Crippen LogP contribution in [0, 0.1) is 11.3 Å². The van der Waals surface area contributed by atoms with E-state index in [0.717, 1.165) is 38.6 Å². The molecule has 2 rings (SSSR count). The Bertz CT molecular complexity index is 287. The van der Waals surface area contributed by atoms with Gasteiger partial charge in [-0.2, -0.15) is 0 Å². The first-order valence-corrected chi connectivity index (χ1v) is 8.43. The van der Waals surface area contributed by atoms with Crippen LogP contribution in [0.5, 0.6) is 0 Å². The molecule has 1 aliphatic heterocycles. The fourth-order valence-electron chi connectivity index (χ4n) is 4.18. The second kappa shape index (κ2) is 7.74. The van der Waals surface area contributed by atoms with E-state index in [4.69, 9.17) is 10.8 Å². The molecule has 0 aromatic heterocycles. The summed E-state index contributed by atoms with van der Waals surface area (Å²) in [7, 11) is 0. The van der Waals surface area contributed by atoms with E-state index in [0.29, 0.717) is 5.41 Å². The summed E-state index contributed by atoms with van der Waals surface area (Å²) in [5.74, 6) is 0.838. The van der Waals surface area contributed by atoms with Crippen LogP contribution in [0.3, 0.4) is 0 Å². The van der Waals surface area contributed by atoms with Crippen molar-refractivity contribution in [3.8, 4) is 0 Å². The van der Waals surface area contributed by atoms with Gasteiger partial charge in [-0.15, -0.1) is 0 Å².